The van der Waals surface area contributed by atoms with Gasteiger partial charge < -0.3 is 15.0 Å². The average Bonchev–Trinajstić information content (AvgIpc) is 2.65. The van der Waals surface area contributed by atoms with Crippen LogP contribution in [0.4, 0.5) is 0 Å². The molecule has 4 heteroatoms. The summed E-state index contributed by atoms with van der Waals surface area (Å²) in [5, 5.41) is 1.01. The van der Waals surface area contributed by atoms with Gasteiger partial charge in [-0.3, -0.25) is 0 Å². The van der Waals surface area contributed by atoms with Crippen LogP contribution in [0.5, 0.6) is 0 Å². The van der Waals surface area contributed by atoms with Crippen LogP contribution >= 0.6 is 0 Å². The fraction of sp³-hybridized carbons (Fsp3) is 0.250. The topological polar surface area (TPSA) is 57.2 Å². The summed E-state index contributed by atoms with van der Waals surface area (Å²) >= 11 is 0. The molecule has 84 valence electrons. The molecule has 0 aliphatic rings. The van der Waals surface area contributed by atoms with Gasteiger partial charge in [0.2, 0.25) is 0 Å². The molecule has 2 rings (SSSR count). The second-order valence-corrected chi connectivity index (χ2v) is 3.68. The van der Waals surface area contributed by atoms with Crippen molar-refractivity contribution in [3.63, 3.8) is 0 Å². The minimum absolute atomic E-state index is 0.326. The van der Waals surface area contributed by atoms with Crippen LogP contribution in [0.1, 0.15) is 16.1 Å². The smallest absolute Gasteiger partial charge is 0.354 e. The lowest BCUT2D eigenvalue weighted by molar-refractivity contribution is 0.0590. The van der Waals surface area contributed by atoms with E-state index in [0.717, 1.165) is 16.5 Å². The summed E-state index contributed by atoms with van der Waals surface area (Å²) in [6.45, 7) is 0.498. The van der Waals surface area contributed by atoms with Crippen LogP contribution in [-0.2, 0) is 18.3 Å². The highest BCUT2D eigenvalue weighted by molar-refractivity contribution is 5.95. The number of hydrogen-bond acceptors (Lipinski definition) is 3. The van der Waals surface area contributed by atoms with Gasteiger partial charge in [-0.2, -0.15) is 0 Å². The van der Waals surface area contributed by atoms with E-state index < -0.39 is 0 Å². The van der Waals surface area contributed by atoms with Gasteiger partial charge in [0, 0.05) is 24.5 Å². The minimum atomic E-state index is -0.326. The molecule has 4 nitrogen and oxygen atoms in total. The summed E-state index contributed by atoms with van der Waals surface area (Å²) in [4.78, 5) is 11.5. The molecule has 0 spiro atoms. The van der Waals surface area contributed by atoms with Crippen LogP contribution in [0.2, 0.25) is 0 Å². The molecule has 0 amide bonds. The lowest BCUT2D eigenvalue weighted by Crippen LogP contribution is -2.06. The van der Waals surface area contributed by atoms with E-state index in [1.54, 1.807) is 0 Å². The van der Waals surface area contributed by atoms with Gasteiger partial charge in [-0.1, -0.05) is 6.07 Å². The Hall–Kier alpha value is -1.81. The Labute approximate surface area is 93.6 Å². The molecule has 2 N–H and O–H groups in total. The van der Waals surface area contributed by atoms with E-state index in [2.05, 4.69) is 0 Å². The number of ether oxygens (including phenoxy) is 1. The maximum Gasteiger partial charge on any atom is 0.354 e. The predicted molar refractivity (Wildman–Crippen MR) is 62.1 cm³/mol. The summed E-state index contributed by atoms with van der Waals surface area (Å²) in [6.07, 6.45) is 0. The molecular formula is C12H14N2O2. The maximum atomic E-state index is 11.5. The standard InChI is InChI=1S/C12H14N2O2/c1-14-10-4-3-8(7-13)5-9(10)6-11(14)12(15)16-2/h3-6H,7,13H2,1-2H3. The van der Waals surface area contributed by atoms with Crippen LogP contribution < -0.4 is 5.73 Å². The third-order valence-electron chi connectivity index (χ3n) is 2.74. The Bertz CT molecular complexity index is 543. The summed E-state index contributed by atoms with van der Waals surface area (Å²) in [5.74, 6) is -0.326. The molecule has 0 saturated carbocycles. The zero-order chi connectivity index (χ0) is 11.7. The molecule has 0 bridgehead atoms. The largest absolute Gasteiger partial charge is 0.464 e. The summed E-state index contributed by atoms with van der Waals surface area (Å²) in [7, 11) is 3.22. The van der Waals surface area contributed by atoms with Gasteiger partial charge in [0.25, 0.3) is 0 Å². The molecule has 16 heavy (non-hydrogen) atoms. The van der Waals surface area contributed by atoms with Crippen molar-refractivity contribution in [2.75, 3.05) is 7.11 Å². The number of carbonyl (C=O) groups is 1. The SMILES string of the molecule is COC(=O)c1cc2cc(CN)ccc2n1C. The minimum Gasteiger partial charge on any atom is -0.464 e. The maximum absolute atomic E-state index is 11.5. The van der Waals surface area contributed by atoms with Gasteiger partial charge in [0.1, 0.15) is 5.69 Å². The van der Waals surface area contributed by atoms with Gasteiger partial charge in [0.05, 0.1) is 7.11 Å². The van der Waals surface area contributed by atoms with Crippen LogP contribution in [0.25, 0.3) is 10.9 Å². The van der Waals surface area contributed by atoms with Gasteiger partial charge >= 0.3 is 5.97 Å². The number of aryl methyl sites for hydroxylation is 1. The number of esters is 1. The van der Waals surface area contributed by atoms with Crippen LogP contribution in [0.15, 0.2) is 24.3 Å². The van der Waals surface area contributed by atoms with Crippen molar-refractivity contribution in [2.45, 2.75) is 6.54 Å². The number of rotatable bonds is 2. The lowest BCUT2D eigenvalue weighted by atomic mass is 10.1. The Morgan fingerprint density at radius 1 is 1.44 bits per heavy atom. The molecule has 1 aromatic heterocycles. The van der Waals surface area contributed by atoms with Gasteiger partial charge in [-0.15, -0.1) is 0 Å². The van der Waals surface area contributed by atoms with Gasteiger partial charge in [0.15, 0.2) is 0 Å². The van der Waals surface area contributed by atoms with Crippen LogP contribution in [-0.4, -0.2) is 17.6 Å². The zero-order valence-electron chi connectivity index (χ0n) is 9.36. The van der Waals surface area contributed by atoms with E-state index in [4.69, 9.17) is 10.5 Å². The van der Waals surface area contributed by atoms with Crippen molar-refractivity contribution in [1.29, 1.82) is 0 Å². The fourth-order valence-electron chi connectivity index (χ4n) is 1.83. The first kappa shape index (κ1) is 10.7. The molecule has 1 aromatic carbocycles. The summed E-state index contributed by atoms with van der Waals surface area (Å²) in [6, 6.07) is 7.73. The molecule has 0 aliphatic heterocycles. The molecule has 0 atom stereocenters. The van der Waals surface area contributed by atoms with Gasteiger partial charge in [-0.05, 0) is 23.8 Å². The molecule has 0 radical (unpaired) electrons. The first-order valence-electron chi connectivity index (χ1n) is 5.04. The number of aromatic nitrogens is 1. The molecule has 0 aliphatic carbocycles. The monoisotopic (exact) mass is 218 g/mol. The van der Waals surface area contributed by atoms with Crippen molar-refractivity contribution in [3.8, 4) is 0 Å². The molecule has 2 aromatic rings. The molecule has 0 fully saturated rings. The Morgan fingerprint density at radius 3 is 2.81 bits per heavy atom. The van der Waals surface area contributed by atoms with E-state index in [1.807, 2.05) is 35.9 Å². The van der Waals surface area contributed by atoms with E-state index >= 15 is 0 Å². The van der Waals surface area contributed by atoms with Crippen molar-refractivity contribution >= 4 is 16.9 Å². The van der Waals surface area contributed by atoms with E-state index in [1.165, 1.54) is 7.11 Å². The molecule has 0 saturated heterocycles. The highest BCUT2D eigenvalue weighted by Crippen LogP contribution is 2.20. The second kappa shape index (κ2) is 3.98. The number of methoxy groups -OCH3 is 1. The van der Waals surface area contributed by atoms with E-state index in [-0.39, 0.29) is 5.97 Å². The number of carbonyl (C=O) groups excluding carboxylic acids is 1. The third kappa shape index (κ3) is 1.57. The molecule has 1 heterocycles. The number of fused-ring (bicyclic) bond motifs is 1. The average molecular weight is 218 g/mol. The van der Waals surface area contributed by atoms with Gasteiger partial charge in [-0.25, -0.2) is 4.79 Å². The Morgan fingerprint density at radius 2 is 2.19 bits per heavy atom. The van der Waals surface area contributed by atoms with E-state index in [9.17, 15) is 4.79 Å². The van der Waals surface area contributed by atoms with Crippen LogP contribution in [0.3, 0.4) is 0 Å². The quantitative estimate of drug-likeness (QED) is 0.776. The highest BCUT2D eigenvalue weighted by atomic mass is 16.5. The van der Waals surface area contributed by atoms with Crippen LogP contribution in [0, 0.1) is 0 Å². The van der Waals surface area contributed by atoms with Crippen molar-refractivity contribution in [3.05, 3.63) is 35.5 Å². The zero-order valence-corrected chi connectivity index (χ0v) is 9.36. The Kier molecular flexibility index (Phi) is 2.66. The number of benzene rings is 1. The molecule has 0 unspecified atom stereocenters. The van der Waals surface area contributed by atoms with Crippen molar-refractivity contribution < 1.29 is 9.53 Å². The Balaban J connectivity index is 2.63. The summed E-state index contributed by atoms with van der Waals surface area (Å²) < 4.78 is 6.54. The fourth-order valence-corrected chi connectivity index (χ4v) is 1.83. The highest BCUT2D eigenvalue weighted by Gasteiger charge is 2.13. The first-order valence-corrected chi connectivity index (χ1v) is 5.04. The van der Waals surface area contributed by atoms with Crippen molar-refractivity contribution in [2.24, 2.45) is 12.8 Å². The summed E-state index contributed by atoms with van der Waals surface area (Å²) in [5.41, 5.74) is 8.17. The predicted octanol–water partition coefficient (Wildman–Crippen LogP) is 1.42. The normalized spacial score (nSPS) is 10.7. The lowest BCUT2D eigenvalue weighted by Gasteiger charge is -2.02. The number of nitrogens with two attached hydrogens (primary N) is 1. The first-order chi connectivity index (χ1) is 7.67. The third-order valence-corrected chi connectivity index (χ3v) is 2.74. The van der Waals surface area contributed by atoms with Crippen molar-refractivity contribution in [1.82, 2.24) is 4.57 Å². The van der Waals surface area contributed by atoms with E-state index in [0.29, 0.717) is 12.2 Å². The number of hydrogen-bond donors (Lipinski definition) is 1. The second-order valence-electron chi connectivity index (χ2n) is 3.68. The number of nitrogens with zero attached hydrogens (tertiary/aromatic N) is 1. The molecular weight excluding hydrogens is 204 g/mol.